The van der Waals surface area contributed by atoms with Crippen LogP contribution in [0.5, 0.6) is 0 Å². The van der Waals surface area contributed by atoms with Crippen LogP contribution in [0, 0.1) is 0 Å². The predicted octanol–water partition coefficient (Wildman–Crippen LogP) is 5.61. The minimum atomic E-state index is 0.672. The highest BCUT2D eigenvalue weighted by Gasteiger charge is 2.12. The van der Waals surface area contributed by atoms with Crippen LogP contribution in [0.1, 0.15) is 66.7 Å². The molecule has 0 heterocycles. The van der Waals surface area contributed by atoms with Gasteiger partial charge >= 0.3 is 0 Å². The molecule has 1 heteroatoms. The fourth-order valence-corrected chi connectivity index (χ4v) is 1.94. The van der Waals surface area contributed by atoms with E-state index in [0.717, 1.165) is 0 Å². The molecular weight excluding hydrogens is 218 g/mol. The van der Waals surface area contributed by atoms with Crippen molar-refractivity contribution in [3.05, 3.63) is 36.6 Å². The van der Waals surface area contributed by atoms with Gasteiger partial charge in [-0.25, -0.2) is 0 Å². The Bertz CT molecular complexity index is 220. The molecular formula is C17H33N. The monoisotopic (exact) mass is 251 g/mol. The summed E-state index contributed by atoms with van der Waals surface area (Å²) in [4.78, 5) is 0. The lowest BCUT2D eigenvalue weighted by molar-refractivity contribution is 0.399. The summed E-state index contributed by atoms with van der Waals surface area (Å²) in [6.07, 6.45) is 14.8. The van der Waals surface area contributed by atoms with E-state index in [1.807, 2.05) is 46.8 Å². The first-order chi connectivity index (χ1) is 8.86. The summed E-state index contributed by atoms with van der Waals surface area (Å²) >= 11 is 0. The Morgan fingerprint density at radius 2 is 1.61 bits per heavy atom. The molecule has 0 unspecified atom stereocenters. The molecule has 0 aromatic carbocycles. The van der Waals surface area contributed by atoms with Gasteiger partial charge in [-0.05, 0) is 31.9 Å². The van der Waals surface area contributed by atoms with Crippen molar-refractivity contribution >= 4 is 0 Å². The Hall–Kier alpha value is -0.980. The first kappa shape index (κ1) is 19.4. The summed E-state index contributed by atoms with van der Waals surface area (Å²) in [6, 6.07) is 0.672. The van der Waals surface area contributed by atoms with Gasteiger partial charge in [-0.3, -0.25) is 0 Å². The fraction of sp³-hybridized carbons (Fsp3) is 0.647. The van der Waals surface area contributed by atoms with Crippen LogP contribution in [0.4, 0.5) is 0 Å². The molecule has 1 saturated carbocycles. The average Bonchev–Trinajstić information content (AvgIpc) is 2.45. The smallest absolute Gasteiger partial charge is 0.0338 e. The molecule has 1 fully saturated rings. The van der Waals surface area contributed by atoms with Crippen LogP contribution in [-0.2, 0) is 0 Å². The second kappa shape index (κ2) is 16.0. The third kappa shape index (κ3) is 10.2. The SMILES string of the molecule is C=C/C=C(\C=C/C)NC1CCCCC1.CC.CC. The van der Waals surface area contributed by atoms with Crippen molar-refractivity contribution in [1.82, 2.24) is 5.32 Å². The van der Waals surface area contributed by atoms with E-state index in [9.17, 15) is 0 Å². The highest BCUT2D eigenvalue weighted by molar-refractivity contribution is 5.21. The molecule has 1 aliphatic rings. The maximum atomic E-state index is 3.73. The maximum absolute atomic E-state index is 3.73. The topological polar surface area (TPSA) is 12.0 Å². The van der Waals surface area contributed by atoms with E-state index in [1.54, 1.807) is 0 Å². The molecule has 106 valence electrons. The molecule has 0 aromatic heterocycles. The fourth-order valence-electron chi connectivity index (χ4n) is 1.94. The Kier molecular flexibility index (Phi) is 17.2. The first-order valence-corrected chi connectivity index (χ1v) is 7.58. The Labute approximate surface area is 115 Å². The zero-order valence-electron chi connectivity index (χ0n) is 13.1. The molecule has 18 heavy (non-hydrogen) atoms. The normalized spacial score (nSPS) is 16.2. The van der Waals surface area contributed by atoms with Crippen molar-refractivity contribution in [2.45, 2.75) is 72.8 Å². The van der Waals surface area contributed by atoms with E-state index in [1.165, 1.54) is 37.8 Å². The number of nitrogens with one attached hydrogen (secondary N) is 1. The number of hydrogen-bond donors (Lipinski definition) is 1. The molecule has 1 nitrogen and oxygen atoms in total. The zero-order chi connectivity index (χ0) is 14.2. The van der Waals surface area contributed by atoms with Crippen LogP contribution >= 0.6 is 0 Å². The zero-order valence-corrected chi connectivity index (χ0v) is 13.1. The minimum absolute atomic E-state index is 0.672. The Balaban J connectivity index is 0. The second-order valence-electron chi connectivity index (χ2n) is 3.84. The molecule has 1 rings (SSSR count). The van der Waals surface area contributed by atoms with Crippen LogP contribution in [-0.4, -0.2) is 6.04 Å². The van der Waals surface area contributed by atoms with Crippen molar-refractivity contribution in [2.24, 2.45) is 0 Å². The molecule has 0 spiro atoms. The molecule has 1 N–H and O–H groups in total. The van der Waals surface area contributed by atoms with Gasteiger partial charge in [-0.15, -0.1) is 0 Å². The molecule has 0 aromatic rings. The van der Waals surface area contributed by atoms with Gasteiger partial charge in [-0.2, -0.15) is 0 Å². The van der Waals surface area contributed by atoms with Crippen molar-refractivity contribution < 1.29 is 0 Å². The van der Waals surface area contributed by atoms with Gasteiger partial charge in [0.25, 0.3) is 0 Å². The van der Waals surface area contributed by atoms with Crippen LogP contribution in [0.25, 0.3) is 0 Å². The van der Waals surface area contributed by atoms with Gasteiger partial charge in [0.15, 0.2) is 0 Å². The van der Waals surface area contributed by atoms with Crippen molar-refractivity contribution in [1.29, 1.82) is 0 Å². The molecule has 1 aliphatic carbocycles. The third-order valence-electron chi connectivity index (χ3n) is 2.62. The highest BCUT2D eigenvalue weighted by atomic mass is 14.9. The van der Waals surface area contributed by atoms with Crippen LogP contribution < -0.4 is 5.32 Å². The summed E-state index contributed by atoms with van der Waals surface area (Å²) in [6.45, 7) is 13.8. The Morgan fingerprint density at radius 3 is 2.06 bits per heavy atom. The maximum Gasteiger partial charge on any atom is 0.0338 e. The molecule has 0 saturated heterocycles. The molecule has 0 radical (unpaired) electrons. The lowest BCUT2D eigenvalue weighted by atomic mass is 9.95. The average molecular weight is 251 g/mol. The second-order valence-corrected chi connectivity index (χ2v) is 3.84. The van der Waals surface area contributed by atoms with Crippen molar-refractivity contribution in [3.8, 4) is 0 Å². The quantitative estimate of drug-likeness (QED) is 0.641. The van der Waals surface area contributed by atoms with Crippen molar-refractivity contribution in [2.75, 3.05) is 0 Å². The summed E-state index contributed by atoms with van der Waals surface area (Å²) in [7, 11) is 0. The van der Waals surface area contributed by atoms with Crippen LogP contribution in [0.2, 0.25) is 0 Å². The van der Waals surface area contributed by atoms with Gasteiger partial charge in [0.1, 0.15) is 0 Å². The summed E-state index contributed by atoms with van der Waals surface area (Å²) in [5.41, 5.74) is 1.19. The van der Waals surface area contributed by atoms with E-state index in [4.69, 9.17) is 0 Å². The molecule has 0 amide bonds. The van der Waals surface area contributed by atoms with E-state index >= 15 is 0 Å². The lowest BCUT2D eigenvalue weighted by Crippen LogP contribution is -2.29. The van der Waals surface area contributed by atoms with Gasteiger partial charge in [0.05, 0.1) is 0 Å². The van der Waals surface area contributed by atoms with Gasteiger partial charge in [-0.1, -0.05) is 65.7 Å². The van der Waals surface area contributed by atoms with Gasteiger partial charge < -0.3 is 5.32 Å². The summed E-state index contributed by atoms with van der Waals surface area (Å²) in [5.74, 6) is 0. The van der Waals surface area contributed by atoms with Gasteiger partial charge in [0, 0.05) is 11.7 Å². The molecule has 0 aliphatic heterocycles. The van der Waals surface area contributed by atoms with Crippen LogP contribution in [0.3, 0.4) is 0 Å². The standard InChI is InChI=1S/C13H21N.2C2H6/c1-3-8-12(9-4-2)14-13-10-6-5-7-11-13;2*1-2/h3-4,8-9,13-14H,1,5-7,10-11H2,2H3;2*1-2H3/b9-4-,12-8+;;. The van der Waals surface area contributed by atoms with E-state index in [2.05, 4.69) is 24.0 Å². The number of hydrogen-bond acceptors (Lipinski definition) is 1. The van der Waals surface area contributed by atoms with E-state index < -0.39 is 0 Å². The first-order valence-electron chi connectivity index (χ1n) is 7.58. The number of rotatable bonds is 4. The van der Waals surface area contributed by atoms with Gasteiger partial charge in [0.2, 0.25) is 0 Å². The van der Waals surface area contributed by atoms with E-state index in [-0.39, 0.29) is 0 Å². The van der Waals surface area contributed by atoms with E-state index in [0.29, 0.717) is 6.04 Å². The number of allylic oxidation sites excluding steroid dienone is 4. The molecule has 0 bridgehead atoms. The minimum Gasteiger partial charge on any atom is -0.382 e. The summed E-state index contributed by atoms with van der Waals surface area (Å²) in [5, 5.41) is 3.56. The van der Waals surface area contributed by atoms with Crippen LogP contribution in [0.15, 0.2) is 36.6 Å². The highest BCUT2D eigenvalue weighted by Crippen LogP contribution is 2.18. The third-order valence-corrected chi connectivity index (χ3v) is 2.62. The lowest BCUT2D eigenvalue weighted by Gasteiger charge is -2.24. The predicted molar refractivity (Wildman–Crippen MR) is 85.8 cm³/mol. The summed E-state index contributed by atoms with van der Waals surface area (Å²) < 4.78 is 0. The molecule has 0 atom stereocenters. The van der Waals surface area contributed by atoms with Crippen molar-refractivity contribution in [3.63, 3.8) is 0 Å². The Morgan fingerprint density at radius 1 is 1.06 bits per heavy atom. The largest absolute Gasteiger partial charge is 0.382 e.